The van der Waals surface area contributed by atoms with Crippen molar-refractivity contribution in [3.63, 3.8) is 0 Å². The van der Waals surface area contributed by atoms with Crippen LogP contribution < -0.4 is 10.6 Å². The van der Waals surface area contributed by atoms with Gasteiger partial charge < -0.3 is 0 Å². The molecule has 1 aromatic carbocycles. The summed E-state index contributed by atoms with van der Waals surface area (Å²) >= 11 is 0. The van der Waals surface area contributed by atoms with Gasteiger partial charge in [-0.2, -0.15) is 7.27 Å². The van der Waals surface area contributed by atoms with Crippen LogP contribution in [-0.2, 0) is 5.29 Å². The topological polar surface area (TPSA) is 24.1 Å². The number of benzene rings is 1. The lowest BCUT2D eigenvalue weighted by molar-refractivity contribution is 0.227. The third-order valence-electron chi connectivity index (χ3n) is 3.84. The highest BCUT2D eigenvalue weighted by atomic mass is 31.5. The molecular weight excluding hydrogens is 395 g/mol. The van der Waals surface area contributed by atoms with Crippen molar-refractivity contribution in [2.24, 2.45) is 0 Å². The molecule has 0 atom stereocenters. The maximum Gasteiger partial charge on any atom is 0.0999 e. The van der Waals surface area contributed by atoms with Crippen LogP contribution in [0.2, 0.25) is 39.3 Å². The number of hydrogen-bond donors (Lipinski definition) is 2. The molecule has 0 saturated heterocycles. The zero-order valence-electron chi connectivity index (χ0n) is 19.8. The van der Waals surface area contributed by atoms with Crippen molar-refractivity contribution in [1.82, 2.24) is 10.6 Å². The van der Waals surface area contributed by atoms with E-state index in [4.69, 9.17) is 0 Å². The molecule has 0 saturated carbocycles. The Labute approximate surface area is 173 Å². The van der Waals surface area contributed by atoms with E-state index in [1.54, 1.807) is 7.27 Å². The van der Waals surface area contributed by atoms with Gasteiger partial charge in [-0.3, -0.25) is 10.6 Å². The van der Waals surface area contributed by atoms with Crippen molar-refractivity contribution in [2.45, 2.75) is 97.2 Å². The van der Waals surface area contributed by atoms with Crippen LogP contribution in [0, 0.1) is 0 Å². The summed E-state index contributed by atoms with van der Waals surface area (Å²) < 4.78 is 0. The Morgan fingerprint density at radius 2 is 1.15 bits per heavy atom. The van der Waals surface area contributed by atoms with E-state index in [0.29, 0.717) is 0 Å². The van der Waals surface area contributed by atoms with Crippen molar-refractivity contribution in [2.75, 3.05) is 0 Å². The standard InChI is InChI=1S/C21H43N2PSi3/c1-19(2,3)22-21(23-20(4,5)6,18-16-14-13-15-17-18)25(27(10,11)12)24-26(7,8)9/h13-17,22-23H,1-12H3. The zero-order valence-corrected chi connectivity index (χ0v) is 23.7. The van der Waals surface area contributed by atoms with Crippen LogP contribution in [0.5, 0.6) is 0 Å². The predicted molar refractivity (Wildman–Crippen MR) is 133 cm³/mol. The van der Waals surface area contributed by atoms with Crippen LogP contribution in [0.3, 0.4) is 0 Å². The first-order valence-electron chi connectivity index (χ1n) is 10.1. The van der Waals surface area contributed by atoms with Gasteiger partial charge in [0, 0.05) is 11.1 Å². The molecule has 0 unspecified atom stereocenters. The quantitative estimate of drug-likeness (QED) is 0.307. The molecule has 1 aromatic rings. The predicted octanol–water partition coefficient (Wildman–Crippen LogP) is 6.34. The summed E-state index contributed by atoms with van der Waals surface area (Å²) in [7, 11) is -1.71. The molecule has 0 aliphatic rings. The second-order valence-corrected chi connectivity index (χ2v) is 37.6. The van der Waals surface area contributed by atoms with E-state index in [2.05, 4.69) is 122 Å². The van der Waals surface area contributed by atoms with Crippen LogP contribution in [0.1, 0.15) is 47.1 Å². The highest BCUT2D eigenvalue weighted by Gasteiger charge is 2.47. The highest BCUT2D eigenvalue weighted by molar-refractivity contribution is 7.93. The van der Waals surface area contributed by atoms with Crippen LogP contribution in [0.25, 0.3) is 0 Å². The van der Waals surface area contributed by atoms with E-state index in [1.807, 2.05) is 0 Å². The van der Waals surface area contributed by atoms with Crippen LogP contribution in [0.4, 0.5) is 0 Å². The van der Waals surface area contributed by atoms with E-state index < -0.39 is 22.9 Å². The molecule has 0 fully saturated rings. The van der Waals surface area contributed by atoms with E-state index in [-0.39, 0.29) is 16.4 Å². The molecule has 0 heterocycles. The van der Waals surface area contributed by atoms with Crippen LogP contribution in [-0.4, -0.2) is 34.0 Å². The zero-order chi connectivity index (χ0) is 21.3. The molecule has 154 valence electrons. The van der Waals surface area contributed by atoms with Crippen LogP contribution in [0.15, 0.2) is 30.3 Å². The third kappa shape index (κ3) is 8.15. The van der Waals surface area contributed by atoms with Gasteiger partial charge in [0.2, 0.25) is 0 Å². The Morgan fingerprint density at radius 1 is 0.741 bits per heavy atom. The molecule has 0 spiro atoms. The van der Waals surface area contributed by atoms with Gasteiger partial charge in [-0.25, -0.2) is 0 Å². The molecule has 2 N–H and O–H groups in total. The van der Waals surface area contributed by atoms with Gasteiger partial charge in [0.15, 0.2) is 0 Å². The van der Waals surface area contributed by atoms with Gasteiger partial charge >= 0.3 is 0 Å². The first kappa shape index (κ1) is 25.1. The van der Waals surface area contributed by atoms with Crippen LogP contribution >= 0.6 is 7.27 Å². The lowest BCUT2D eigenvalue weighted by atomic mass is 10.0. The minimum absolute atomic E-state index is 0.0264. The second-order valence-electron chi connectivity index (χ2n) is 11.7. The Hall–Kier alpha value is 0.0906. The molecule has 27 heavy (non-hydrogen) atoms. The Balaban J connectivity index is 3.94. The summed E-state index contributed by atoms with van der Waals surface area (Å²) in [5, 5.41) is 8.17. The fourth-order valence-electron chi connectivity index (χ4n) is 3.39. The summed E-state index contributed by atoms with van der Waals surface area (Å²) in [6, 6.07) is 11.2. The van der Waals surface area contributed by atoms with Gasteiger partial charge in [-0.05, 0) is 47.1 Å². The third-order valence-corrected chi connectivity index (χ3v) is 33.6. The molecule has 0 radical (unpaired) electrons. The smallest absolute Gasteiger partial charge is 0.0999 e. The monoisotopic (exact) mass is 438 g/mol. The first-order valence-corrected chi connectivity index (χ1v) is 22.2. The fourth-order valence-corrected chi connectivity index (χ4v) is 44.2. The summed E-state index contributed by atoms with van der Waals surface area (Å²) in [6.45, 7) is 29.2. The van der Waals surface area contributed by atoms with E-state index in [9.17, 15) is 0 Å². The lowest BCUT2D eigenvalue weighted by Crippen LogP contribution is -2.72. The largest absolute Gasteiger partial charge is 0.291 e. The normalized spacial score (nSPS) is 15.2. The minimum atomic E-state index is -1.41. The summed E-state index contributed by atoms with van der Waals surface area (Å²) in [4.78, 5) is 0. The van der Waals surface area contributed by atoms with Crippen molar-refractivity contribution in [3.05, 3.63) is 35.9 Å². The highest BCUT2D eigenvalue weighted by Crippen LogP contribution is 2.35. The van der Waals surface area contributed by atoms with E-state index in [1.165, 1.54) is 5.56 Å². The molecular formula is C21H43N2PSi3. The molecule has 6 heteroatoms. The van der Waals surface area contributed by atoms with Gasteiger partial charge in [-0.1, -0.05) is 69.6 Å². The summed E-state index contributed by atoms with van der Waals surface area (Å²) in [6.07, 6.45) is 0. The number of rotatable bonds is 6. The fraction of sp³-hybridized carbons (Fsp3) is 0.714. The number of hydrogen-bond acceptors (Lipinski definition) is 2. The molecule has 1 rings (SSSR count). The van der Waals surface area contributed by atoms with Crippen molar-refractivity contribution < 1.29 is 0 Å². The maximum atomic E-state index is 4.16. The van der Waals surface area contributed by atoms with Gasteiger partial charge in [0.25, 0.3) is 0 Å². The molecule has 0 aromatic heterocycles. The SMILES string of the molecule is CC(C)(C)NC(NC(C)(C)C)(c1ccccc1)[Si](=P[Si](C)(C)C)[Si](C)(C)C. The summed E-state index contributed by atoms with van der Waals surface area (Å²) in [5.41, 5.74) is 1.47. The maximum absolute atomic E-state index is 4.16. The van der Waals surface area contributed by atoms with Gasteiger partial charge in [0.1, 0.15) is 0 Å². The first-order chi connectivity index (χ1) is 11.9. The van der Waals surface area contributed by atoms with Crippen molar-refractivity contribution in [3.8, 4) is 0 Å². The molecule has 0 amide bonds. The van der Waals surface area contributed by atoms with Crippen molar-refractivity contribution >= 4 is 30.2 Å². The Morgan fingerprint density at radius 3 is 1.44 bits per heavy atom. The summed E-state index contributed by atoms with van der Waals surface area (Å²) in [5.74, 6) is 0. The average Bonchev–Trinajstić information content (AvgIpc) is 2.40. The van der Waals surface area contributed by atoms with E-state index >= 15 is 0 Å². The molecule has 0 aliphatic heterocycles. The molecule has 2 nitrogen and oxygen atoms in total. The molecule has 0 bridgehead atoms. The Kier molecular flexibility index (Phi) is 7.86. The molecule has 0 aliphatic carbocycles. The van der Waals surface area contributed by atoms with Crippen molar-refractivity contribution in [1.29, 1.82) is 0 Å². The Bertz CT molecular complexity index is 629. The minimum Gasteiger partial charge on any atom is -0.291 e. The van der Waals surface area contributed by atoms with Gasteiger partial charge in [0.05, 0.1) is 28.2 Å². The van der Waals surface area contributed by atoms with Gasteiger partial charge in [-0.15, -0.1) is 0 Å². The second kappa shape index (κ2) is 8.45. The lowest BCUT2D eigenvalue weighted by Gasteiger charge is -2.50. The van der Waals surface area contributed by atoms with E-state index in [0.717, 1.165) is 0 Å². The average molecular weight is 439 g/mol. The number of nitrogens with one attached hydrogen (secondary N) is 2.